The van der Waals surface area contributed by atoms with Crippen molar-refractivity contribution >= 4 is 11.6 Å². The highest BCUT2D eigenvalue weighted by Gasteiger charge is 2.24. The average molecular weight is 354 g/mol. The number of aryl methyl sites for hydroxylation is 2. The summed E-state index contributed by atoms with van der Waals surface area (Å²) < 4.78 is 1.90. The summed E-state index contributed by atoms with van der Waals surface area (Å²) in [5.41, 5.74) is 4.86. The largest absolute Gasteiger partial charge is 0.322 e. The van der Waals surface area contributed by atoms with Gasteiger partial charge in [-0.05, 0) is 51.2 Å². The Hall–Kier alpha value is -2.14. The Morgan fingerprint density at radius 3 is 2.35 bits per heavy atom. The maximum absolute atomic E-state index is 12.6. The second-order valence-electron chi connectivity index (χ2n) is 7.98. The van der Waals surface area contributed by atoms with Crippen molar-refractivity contribution in [1.29, 1.82) is 0 Å². The van der Waals surface area contributed by atoms with E-state index in [4.69, 9.17) is 0 Å². The predicted molar refractivity (Wildman–Crippen MR) is 106 cm³/mol. The number of likely N-dealkylation sites (tertiary alicyclic amines) is 1. The number of anilines is 1. The summed E-state index contributed by atoms with van der Waals surface area (Å²) in [4.78, 5) is 14.9. The van der Waals surface area contributed by atoms with Crippen LogP contribution in [0.3, 0.4) is 0 Å². The van der Waals surface area contributed by atoms with Gasteiger partial charge in [0.25, 0.3) is 0 Å². The first-order valence-corrected chi connectivity index (χ1v) is 9.49. The van der Waals surface area contributed by atoms with Crippen LogP contribution in [0.1, 0.15) is 37.2 Å². The van der Waals surface area contributed by atoms with Gasteiger partial charge in [0, 0.05) is 13.1 Å². The van der Waals surface area contributed by atoms with Crippen LogP contribution >= 0.6 is 0 Å². The third-order valence-corrected chi connectivity index (χ3v) is 5.15. The first kappa shape index (κ1) is 18.6. The number of nitrogens with one attached hydrogen (secondary N) is 1. The summed E-state index contributed by atoms with van der Waals surface area (Å²) in [6.07, 6.45) is 1.25. The molecule has 2 aromatic rings. The molecule has 5 heteroatoms. The molecular weight excluding hydrogens is 324 g/mol. The lowest BCUT2D eigenvalue weighted by Crippen LogP contribution is -2.42. The van der Waals surface area contributed by atoms with Crippen LogP contribution < -0.4 is 5.32 Å². The second-order valence-corrected chi connectivity index (χ2v) is 7.98. The lowest BCUT2D eigenvalue weighted by molar-refractivity contribution is -0.117. The van der Waals surface area contributed by atoms with Crippen LogP contribution in [0.25, 0.3) is 5.69 Å². The number of hydrogen-bond donors (Lipinski definition) is 1. The fourth-order valence-corrected chi connectivity index (χ4v) is 4.06. The molecule has 1 aliphatic rings. The Kier molecular flexibility index (Phi) is 5.47. The number of hydrogen-bond acceptors (Lipinski definition) is 3. The zero-order valence-electron chi connectivity index (χ0n) is 16.5. The minimum absolute atomic E-state index is 0.0426. The first-order valence-electron chi connectivity index (χ1n) is 9.49. The van der Waals surface area contributed by atoms with E-state index in [-0.39, 0.29) is 5.91 Å². The van der Waals surface area contributed by atoms with Crippen molar-refractivity contribution in [1.82, 2.24) is 14.7 Å². The van der Waals surface area contributed by atoms with E-state index < -0.39 is 0 Å². The minimum atomic E-state index is 0.0426. The molecule has 2 heterocycles. The Morgan fingerprint density at radius 1 is 1.12 bits per heavy atom. The Bertz CT molecular complexity index is 768. The van der Waals surface area contributed by atoms with Gasteiger partial charge < -0.3 is 5.32 Å². The van der Waals surface area contributed by atoms with Crippen molar-refractivity contribution in [2.75, 3.05) is 25.0 Å². The number of rotatable bonds is 4. The molecular formula is C21H30N4O. The van der Waals surface area contributed by atoms with Crippen molar-refractivity contribution < 1.29 is 4.79 Å². The van der Waals surface area contributed by atoms with Crippen LogP contribution in [-0.2, 0) is 4.79 Å². The Balaban J connectivity index is 1.71. The summed E-state index contributed by atoms with van der Waals surface area (Å²) in [6, 6.07) is 8.25. The van der Waals surface area contributed by atoms with E-state index in [1.54, 1.807) is 0 Å². The number of benzene rings is 1. The number of amides is 1. The molecule has 2 atom stereocenters. The molecule has 140 valence electrons. The number of carbonyl (C=O) groups excluding carboxylic acids is 1. The highest BCUT2D eigenvalue weighted by atomic mass is 16.2. The molecule has 1 saturated heterocycles. The molecule has 1 aliphatic heterocycles. The summed E-state index contributed by atoms with van der Waals surface area (Å²) >= 11 is 0. The zero-order chi connectivity index (χ0) is 18.8. The molecule has 1 aromatic carbocycles. The maximum atomic E-state index is 12.6. The van der Waals surface area contributed by atoms with E-state index in [0.717, 1.165) is 35.9 Å². The van der Waals surface area contributed by atoms with Gasteiger partial charge in [0.1, 0.15) is 0 Å². The van der Waals surface area contributed by atoms with Crippen molar-refractivity contribution in [3.63, 3.8) is 0 Å². The van der Waals surface area contributed by atoms with Gasteiger partial charge in [-0.3, -0.25) is 9.69 Å². The quantitative estimate of drug-likeness (QED) is 0.910. The van der Waals surface area contributed by atoms with Crippen molar-refractivity contribution in [3.8, 4) is 5.69 Å². The summed E-state index contributed by atoms with van der Waals surface area (Å²) in [6.45, 7) is 13.0. The van der Waals surface area contributed by atoms with E-state index >= 15 is 0 Å². The standard InChI is InChI=1S/C21H30N4O/c1-14-6-8-19(9-7-14)25-18(5)21(17(4)23-25)22-20(26)13-24-11-15(2)10-16(3)12-24/h6-9,15-16H,10-13H2,1-5H3,(H,22,26)/t15-,16-/m1/s1. The smallest absolute Gasteiger partial charge is 0.238 e. The Morgan fingerprint density at radius 2 is 1.73 bits per heavy atom. The molecule has 0 bridgehead atoms. The van der Waals surface area contributed by atoms with Gasteiger partial charge >= 0.3 is 0 Å². The minimum Gasteiger partial charge on any atom is -0.322 e. The van der Waals surface area contributed by atoms with Gasteiger partial charge in [0.2, 0.25) is 5.91 Å². The molecule has 0 spiro atoms. The summed E-state index contributed by atoms with van der Waals surface area (Å²) in [5, 5.41) is 7.72. The van der Waals surface area contributed by atoms with Crippen LogP contribution in [0.5, 0.6) is 0 Å². The van der Waals surface area contributed by atoms with Crippen LogP contribution in [0.2, 0.25) is 0 Å². The molecule has 3 rings (SSSR count). The van der Waals surface area contributed by atoms with Crippen LogP contribution in [0.15, 0.2) is 24.3 Å². The van der Waals surface area contributed by atoms with Gasteiger partial charge in [-0.1, -0.05) is 31.5 Å². The Labute approximate surface area is 156 Å². The third kappa shape index (κ3) is 4.15. The van der Waals surface area contributed by atoms with Crippen LogP contribution in [0.4, 0.5) is 5.69 Å². The monoisotopic (exact) mass is 354 g/mol. The topological polar surface area (TPSA) is 50.2 Å². The van der Waals surface area contributed by atoms with Crippen molar-refractivity contribution in [2.45, 2.75) is 41.0 Å². The number of aromatic nitrogens is 2. The zero-order valence-corrected chi connectivity index (χ0v) is 16.5. The summed E-state index contributed by atoms with van der Waals surface area (Å²) in [7, 11) is 0. The molecule has 0 radical (unpaired) electrons. The molecule has 5 nitrogen and oxygen atoms in total. The van der Waals surface area contributed by atoms with Crippen molar-refractivity contribution in [3.05, 3.63) is 41.2 Å². The third-order valence-electron chi connectivity index (χ3n) is 5.15. The van der Waals surface area contributed by atoms with Gasteiger partial charge in [-0.25, -0.2) is 4.68 Å². The van der Waals surface area contributed by atoms with Crippen LogP contribution in [-0.4, -0.2) is 40.2 Å². The van der Waals surface area contributed by atoms with Gasteiger partial charge in [-0.15, -0.1) is 0 Å². The number of piperidine rings is 1. The molecule has 1 N–H and O–H groups in total. The fourth-order valence-electron chi connectivity index (χ4n) is 4.06. The van der Waals surface area contributed by atoms with E-state index in [9.17, 15) is 4.79 Å². The molecule has 26 heavy (non-hydrogen) atoms. The molecule has 1 fully saturated rings. The predicted octanol–water partition coefficient (Wildman–Crippen LogP) is 3.71. The van der Waals surface area contributed by atoms with E-state index in [1.165, 1.54) is 12.0 Å². The lowest BCUT2D eigenvalue weighted by atomic mass is 9.92. The maximum Gasteiger partial charge on any atom is 0.238 e. The SMILES string of the molecule is Cc1ccc(-n2nc(C)c(NC(=O)CN3C[C@H](C)C[C@@H](C)C3)c2C)cc1. The molecule has 1 aromatic heterocycles. The van der Waals surface area contributed by atoms with E-state index in [1.807, 2.05) is 18.5 Å². The van der Waals surface area contributed by atoms with Crippen LogP contribution in [0, 0.1) is 32.6 Å². The molecule has 1 amide bonds. The highest BCUT2D eigenvalue weighted by Crippen LogP contribution is 2.24. The molecule has 0 saturated carbocycles. The number of nitrogens with zero attached hydrogens (tertiary/aromatic N) is 3. The molecule has 0 unspecified atom stereocenters. The highest BCUT2D eigenvalue weighted by molar-refractivity contribution is 5.93. The van der Waals surface area contributed by atoms with E-state index in [2.05, 4.69) is 60.4 Å². The van der Waals surface area contributed by atoms with Gasteiger partial charge in [0.15, 0.2) is 0 Å². The fraction of sp³-hybridized carbons (Fsp3) is 0.524. The van der Waals surface area contributed by atoms with Crippen molar-refractivity contribution in [2.24, 2.45) is 11.8 Å². The van der Waals surface area contributed by atoms with E-state index in [0.29, 0.717) is 18.4 Å². The first-order chi connectivity index (χ1) is 12.3. The van der Waals surface area contributed by atoms with Gasteiger partial charge in [-0.2, -0.15) is 5.10 Å². The normalized spacial score (nSPS) is 21.0. The second kappa shape index (κ2) is 7.62. The average Bonchev–Trinajstić information content (AvgIpc) is 2.83. The lowest BCUT2D eigenvalue weighted by Gasteiger charge is -2.34. The summed E-state index contributed by atoms with van der Waals surface area (Å²) in [5.74, 6) is 1.35. The number of carbonyl (C=O) groups is 1. The molecule has 0 aliphatic carbocycles. The van der Waals surface area contributed by atoms with Gasteiger partial charge in [0.05, 0.1) is 29.3 Å².